The largest absolute Gasteiger partial charge is 0.493 e. The van der Waals surface area contributed by atoms with Crippen molar-refractivity contribution in [3.8, 4) is 17.2 Å². The quantitative estimate of drug-likeness (QED) is 0.512. The lowest BCUT2D eigenvalue weighted by Gasteiger charge is -2.14. The van der Waals surface area contributed by atoms with Crippen LogP contribution in [0, 0.1) is 0 Å². The first-order chi connectivity index (χ1) is 13.5. The zero-order valence-electron chi connectivity index (χ0n) is 16.5. The van der Waals surface area contributed by atoms with Crippen molar-refractivity contribution in [1.82, 2.24) is 5.32 Å². The van der Waals surface area contributed by atoms with Crippen molar-refractivity contribution in [2.45, 2.75) is 19.4 Å². The Hall–Kier alpha value is -2.77. The van der Waals surface area contributed by atoms with Crippen LogP contribution in [0.3, 0.4) is 0 Å². The summed E-state index contributed by atoms with van der Waals surface area (Å²) in [5.74, 6) is 1.93. The normalized spacial score (nSPS) is 11.6. The minimum absolute atomic E-state index is 0.122. The number of carbonyl (C=O) groups is 1. The van der Waals surface area contributed by atoms with Gasteiger partial charge in [-0.25, -0.2) is 0 Å². The number of carbonyl (C=O) groups excluding carboxylic acids is 1. The van der Waals surface area contributed by atoms with E-state index in [0.717, 1.165) is 18.5 Å². The summed E-state index contributed by atoms with van der Waals surface area (Å²) >= 11 is 0. The van der Waals surface area contributed by atoms with E-state index < -0.39 is 6.10 Å². The molecular weight excluding hydrogens is 360 g/mol. The van der Waals surface area contributed by atoms with Gasteiger partial charge in [0.15, 0.2) is 11.5 Å². The molecular formula is C21H28N2O5. The van der Waals surface area contributed by atoms with E-state index in [2.05, 4.69) is 10.6 Å². The van der Waals surface area contributed by atoms with Gasteiger partial charge in [-0.05, 0) is 54.9 Å². The molecule has 0 saturated carbocycles. The maximum atomic E-state index is 11.0. The number of nitrogens with one attached hydrogen (secondary N) is 2. The molecule has 1 atom stereocenters. The Morgan fingerprint density at radius 3 is 2.43 bits per heavy atom. The third kappa shape index (κ3) is 7.09. The SMILES string of the molecule is COc1ccc(CCNCC(O)COc2ccc(NC(C)=O)cc2)cc1OC. The lowest BCUT2D eigenvalue weighted by Crippen LogP contribution is -2.32. The fourth-order valence-corrected chi connectivity index (χ4v) is 2.63. The summed E-state index contributed by atoms with van der Waals surface area (Å²) in [7, 11) is 3.23. The Bertz CT molecular complexity index is 749. The first-order valence-corrected chi connectivity index (χ1v) is 9.12. The van der Waals surface area contributed by atoms with E-state index in [1.165, 1.54) is 6.92 Å². The summed E-state index contributed by atoms with van der Waals surface area (Å²) in [6.07, 6.45) is 0.180. The predicted molar refractivity (Wildman–Crippen MR) is 108 cm³/mol. The minimum atomic E-state index is -0.625. The van der Waals surface area contributed by atoms with Gasteiger partial charge in [0, 0.05) is 19.2 Å². The molecule has 28 heavy (non-hydrogen) atoms. The Morgan fingerprint density at radius 1 is 1.07 bits per heavy atom. The summed E-state index contributed by atoms with van der Waals surface area (Å²) in [6, 6.07) is 12.8. The molecule has 1 amide bonds. The summed E-state index contributed by atoms with van der Waals surface area (Å²) in [5, 5.41) is 16.0. The zero-order chi connectivity index (χ0) is 20.4. The molecule has 0 bridgehead atoms. The average molecular weight is 388 g/mol. The summed E-state index contributed by atoms with van der Waals surface area (Å²) in [4.78, 5) is 11.0. The number of benzene rings is 2. The maximum absolute atomic E-state index is 11.0. The molecule has 0 aliphatic heterocycles. The van der Waals surface area contributed by atoms with E-state index in [9.17, 15) is 9.90 Å². The van der Waals surface area contributed by atoms with E-state index >= 15 is 0 Å². The first kappa shape index (κ1) is 21.5. The second-order valence-corrected chi connectivity index (χ2v) is 6.31. The van der Waals surface area contributed by atoms with Gasteiger partial charge in [0.25, 0.3) is 0 Å². The number of aliphatic hydroxyl groups excluding tert-OH is 1. The summed E-state index contributed by atoms with van der Waals surface area (Å²) in [5.41, 5.74) is 1.83. The molecule has 0 saturated heterocycles. The number of ether oxygens (including phenoxy) is 3. The monoisotopic (exact) mass is 388 g/mol. The standard InChI is InChI=1S/C21H28N2O5/c1-15(24)23-17-5-7-19(8-6-17)28-14-18(25)13-22-11-10-16-4-9-20(26-2)21(12-16)27-3/h4-9,12,18,22,25H,10-11,13-14H2,1-3H3,(H,23,24). The van der Waals surface area contributed by atoms with Crippen molar-refractivity contribution in [2.24, 2.45) is 0 Å². The van der Waals surface area contributed by atoms with E-state index in [1.54, 1.807) is 38.5 Å². The Labute approximate surface area is 165 Å². The van der Waals surface area contributed by atoms with E-state index in [4.69, 9.17) is 14.2 Å². The van der Waals surface area contributed by atoms with Crippen molar-refractivity contribution in [1.29, 1.82) is 0 Å². The molecule has 0 aliphatic carbocycles. The topological polar surface area (TPSA) is 89.0 Å². The van der Waals surface area contributed by atoms with Crippen molar-refractivity contribution < 1.29 is 24.1 Å². The molecule has 0 aromatic heterocycles. The number of hydrogen-bond acceptors (Lipinski definition) is 6. The van der Waals surface area contributed by atoms with Crippen LogP contribution in [-0.2, 0) is 11.2 Å². The van der Waals surface area contributed by atoms with Crippen LogP contribution in [-0.4, -0.2) is 51.0 Å². The zero-order valence-corrected chi connectivity index (χ0v) is 16.5. The summed E-state index contributed by atoms with van der Waals surface area (Å²) < 4.78 is 16.1. The highest BCUT2D eigenvalue weighted by Crippen LogP contribution is 2.27. The fourth-order valence-electron chi connectivity index (χ4n) is 2.63. The van der Waals surface area contributed by atoms with Gasteiger partial charge in [0.2, 0.25) is 5.91 Å². The van der Waals surface area contributed by atoms with Crippen molar-refractivity contribution in [3.63, 3.8) is 0 Å². The first-order valence-electron chi connectivity index (χ1n) is 9.12. The van der Waals surface area contributed by atoms with Crippen LogP contribution >= 0.6 is 0 Å². The van der Waals surface area contributed by atoms with Gasteiger partial charge in [-0.3, -0.25) is 4.79 Å². The van der Waals surface area contributed by atoms with Gasteiger partial charge >= 0.3 is 0 Å². The molecule has 2 rings (SSSR count). The van der Waals surface area contributed by atoms with Crippen LogP contribution in [0.2, 0.25) is 0 Å². The predicted octanol–water partition coefficient (Wildman–Crippen LogP) is 2.23. The Morgan fingerprint density at radius 2 is 1.79 bits per heavy atom. The average Bonchev–Trinajstić information content (AvgIpc) is 2.70. The molecule has 0 heterocycles. The van der Waals surface area contributed by atoms with Gasteiger partial charge in [-0.2, -0.15) is 0 Å². The second-order valence-electron chi connectivity index (χ2n) is 6.31. The van der Waals surface area contributed by atoms with Gasteiger partial charge in [0.05, 0.1) is 14.2 Å². The minimum Gasteiger partial charge on any atom is -0.493 e. The van der Waals surface area contributed by atoms with E-state index in [-0.39, 0.29) is 12.5 Å². The Balaban J connectivity index is 1.67. The smallest absolute Gasteiger partial charge is 0.221 e. The maximum Gasteiger partial charge on any atom is 0.221 e. The molecule has 0 aliphatic rings. The van der Waals surface area contributed by atoms with Crippen LogP contribution in [0.1, 0.15) is 12.5 Å². The summed E-state index contributed by atoms with van der Waals surface area (Å²) in [6.45, 7) is 2.79. The van der Waals surface area contributed by atoms with E-state index in [0.29, 0.717) is 29.5 Å². The highest BCUT2D eigenvalue weighted by atomic mass is 16.5. The van der Waals surface area contributed by atoms with Crippen LogP contribution < -0.4 is 24.8 Å². The number of hydrogen-bond donors (Lipinski definition) is 3. The molecule has 0 fully saturated rings. The number of methoxy groups -OCH3 is 2. The third-order valence-corrected chi connectivity index (χ3v) is 4.04. The van der Waals surface area contributed by atoms with Crippen molar-refractivity contribution in [3.05, 3.63) is 48.0 Å². The van der Waals surface area contributed by atoms with Crippen molar-refractivity contribution in [2.75, 3.05) is 39.2 Å². The third-order valence-electron chi connectivity index (χ3n) is 4.04. The van der Waals surface area contributed by atoms with Crippen LogP contribution in [0.15, 0.2) is 42.5 Å². The molecule has 7 heteroatoms. The highest BCUT2D eigenvalue weighted by molar-refractivity contribution is 5.88. The van der Waals surface area contributed by atoms with Gasteiger partial charge in [-0.1, -0.05) is 6.07 Å². The van der Waals surface area contributed by atoms with Gasteiger partial charge in [-0.15, -0.1) is 0 Å². The molecule has 1 unspecified atom stereocenters. The molecule has 152 valence electrons. The van der Waals surface area contributed by atoms with Gasteiger partial charge < -0.3 is 30.0 Å². The van der Waals surface area contributed by atoms with Crippen LogP contribution in [0.25, 0.3) is 0 Å². The molecule has 2 aromatic rings. The second kappa shape index (κ2) is 11.2. The lowest BCUT2D eigenvalue weighted by atomic mass is 10.1. The molecule has 0 spiro atoms. The Kier molecular flexibility index (Phi) is 8.58. The highest BCUT2D eigenvalue weighted by Gasteiger charge is 2.07. The lowest BCUT2D eigenvalue weighted by molar-refractivity contribution is -0.114. The van der Waals surface area contributed by atoms with Crippen LogP contribution in [0.4, 0.5) is 5.69 Å². The van der Waals surface area contributed by atoms with Crippen LogP contribution in [0.5, 0.6) is 17.2 Å². The number of aliphatic hydroxyl groups is 1. The number of rotatable bonds is 11. The fraction of sp³-hybridized carbons (Fsp3) is 0.381. The molecule has 7 nitrogen and oxygen atoms in total. The molecule has 0 radical (unpaired) electrons. The van der Waals surface area contributed by atoms with Crippen molar-refractivity contribution >= 4 is 11.6 Å². The van der Waals surface area contributed by atoms with Gasteiger partial charge in [0.1, 0.15) is 18.5 Å². The number of anilines is 1. The number of amides is 1. The van der Waals surface area contributed by atoms with E-state index in [1.807, 2.05) is 18.2 Å². The molecule has 2 aromatic carbocycles. The molecule has 3 N–H and O–H groups in total.